The molecule has 0 bridgehead atoms. The molecule has 4 aliphatic heterocycles. The number of rotatable bonds is 14. The first-order chi connectivity index (χ1) is 22.0. The van der Waals surface area contributed by atoms with E-state index in [-0.39, 0.29) is 30.5 Å². The lowest BCUT2D eigenvalue weighted by Crippen LogP contribution is -2.62. The molecule has 4 aliphatic rings. The highest BCUT2D eigenvalue weighted by atomic mass is 28.4. The van der Waals surface area contributed by atoms with Gasteiger partial charge in [-0.3, -0.25) is 0 Å². The Hall–Kier alpha value is -0.323. The Kier molecular flexibility index (Phi) is 12.0. The molecule has 0 amide bonds. The second kappa shape index (κ2) is 14.2. The highest BCUT2D eigenvalue weighted by molar-refractivity contribution is 6.77. The largest absolute Gasteiger partial charge is 0.410 e. The summed E-state index contributed by atoms with van der Waals surface area (Å²) in [4.78, 5) is 0. The first kappa shape index (κ1) is 40.4. The van der Waals surface area contributed by atoms with Crippen LogP contribution in [0.1, 0.15) is 161 Å². The maximum atomic E-state index is 11.7. The number of ether oxygens (including phenoxy) is 5. The Balaban J connectivity index is 1.42. The van der Waals surface area contributed by atoms with E-state index in [1.54, 1.807) is 0 Å². The van der Waals surface area contributed by atoms with Crippen molar-refractivity contribution < 1.29 is 33.2 Å². The van der Waals surface area contributed by atoms with Crippen LogP contribution in [0.15, 0.2) is 12.7 Å². The summed E-state index contributed by atoms with van der Waals surface area (Å²) < 4.78 is 40.8. The van der Waals surface area contributed by atoms with E-state index < -0.39 is 42.1 Å². The van der Waals surface area contributed by atoms with E-state index in [1.807, 2.05) is 26.8 Å². The van der Waals surface area contributed by atoms with Crippen LogP contribution in [0.5, 0.6) is 0 Å². The Labute approximate surface area is 295 Å². The summed E-state index contributed by atoms with van der Waals surface area (Å²) in [5, 5.41) is 11.7. The van der Waals surface area contributed by atoms with Gasteiger partial charge in [-0.25, -0.2) is 0 Å². The molecular weight excluding hydrogens is 621 g/mol. The lowest BCUT2D eigenvalue weighted by molar-refractivity contribution is -0.262. The predicted molar refractivity (Wildman–Crippen MR) is 197 cm³/mol. The summed E-state index contributed by atoms with van der Waals surface area (Å²) in [6.07, 6.45) is 10.2. The highest BCUT2D eigenvalue weighted by Gasteiger charge is 2.58. The summed E-state index contributed by atoms with van der Waals surface area (Å²) in [5.41, 5.74) is -1.08. The second-order valence-corrected chi connectivity index (χ2v) is 24.2. The van der Waals surface area contributed by atoms with Gasteiger partial charge in [0.15, 0.2) is 5.79 Å². The normalized spacial score (nSPS) is 39.8. The molecule has 0 aromatic heterocycles. The van der Waals surface area contributed by atoms with E-state index in [2.05, 4.69) is 82.7 Å². The molecule has 0 aliphatic carbocycles. The summed E-state index contributed by atoms with van der Waals surface area (Å²) in [5.74, 6) is -0.614. The van der Waals surface area contributed by atoms with Gasteiger partial charge in [0.1, 0.15) is 0 Å². The summed E-state index contributed by atoms with van der Waals surface area (Å²) in [6, 6.07) is 0. The zero-order chi connectivity index (χ0) is 36.1. The standard InChI is InChI=1S/C40H74O7Si/c1-16-17-23-39(14)34(45-48(27(2)3,28(4)5)29(6)7)22-26-40(15,47-39)33-19-18-32(42-33)38(13)25-21-31(44-38)37(12,41)24-20-30-35(8,9)46-36(10,11)43-30/h16,27-34,41H,1,17-26H2,2-15H3/t30-,31+,32+,33+,34+,37-,38-,39-,40-/m1/s1. The van der Waals surface area contributed by atoms with Crippen LogP contribution in [-0.4, -0.2) is 77.7 Å². The van der Waals surface area contributed by atoms with E-state index in [9.17, 15) is 5.11 Å². The van der Waals surface area contributed by atoms with Gasteiger partial charge in [0, 0.05) is 0 Å². The Morgan fingerprint density at radius 3 is 1.92 bits per heavy atom. The van der Waals surface area contributed by atoms with Crippen molar-refractivity contribution in [2.24, 2.45) is 0 Å². The molecule has 4 fully saturated rings. The van der Waals surface area contributed by atoms with Crippen molar-refractivity contribution in [1.82, 2.24) is 0 Å². The fourth-order valence-corrected chi connectivity index (χ4v) is 16.0. The van der Waals surface area contributed by atoms with Crippen LogP contribution in [0.3, 0.4) is 0 Å². The lowest BCUT2D eigenvalue weighted by Gasteiger charge is -2.55. The monoisotopic (exact) mass is 695 g/mol. The number of hydrogen-bond acceptors (Lipinski definition) is 7. The minimum Gasteiger partial charge on any atom is -0.410 e. The Bertz CT molecular complexity index is 1080. The molecule has 0 aromatic carbocycles. The predicted octanol–water partition coefficient (Wildman–Crippen LogP) is 9.79. The van der Waals surface area contributed by atoms with Gasteiger partial charge in [-0.15, -0.1) is 6.58 Å². The number of aliphatic hydroxyl groups is 1. The van der Waals surface area contributed by atoms with Gasteiger partial charge >= 0.3 is 0 Å². The van der Waals surface area contributed by atoms with Gasteiger partial charge in [0.25, 0.3) is 0 Å². The van der Waals surface area contributed by atoms with Crippen LogP contribution in [0, 0.1) is 0 Å². The van der Waals surface area contributed by atoms with E-state index >= 15 is 0 Å². The van der Waals surface area contributed by atoms with Crippen molar-refractivity contribution in [3.05, 3.63) is 12.7 Å². The third-order valence-electron chi connectivity index (χ3n) is 13.0. The van der Waals surface area contributed by atoms with Crippen LogP contribution in [0.4, 0.5) is 0 Å². The average Bonchev–Trinajstić information content (AvgIpc) is 3.66. The first-order valence-corrected chi connectivity index (χ1v) is 21.5. The maximum Gasteiger partial charge on any atom is 0.200 e. The van der Waals surface area contributed by atoms with Crippen molar-refractivity contribution in [1.29, 1.82) is 0 Å². The van der Waals surface area contributed by atoms with Gasteiger partial charge in [-0.05, 0) is 136 Å². The molecule has 8 heteroatoms. The maximum absolute atomic E-state index is 11.7. The lowest BCUT2D eigenvalue weighted by atomic mass is 9.79. The summed E-state index contributed by atoms with van der Waals surface area (Å²) in [7, 11) is -2.10. The van der Waals surface area contributed by atoms with Crippen molar-refractivity contribution in [3.8, 4) is 0 Å². The van der Waals surface area contributed by atoms with Gasteiger partial charge < -0.3 is 33.2 Å². The zero-order valence-corrected chi connectivity index (χ0v) is 34.4. The van der Waals surface area contributed by atoms with Crippen LogP contribution in [0.25, 0.3) is 0 Å². The van der Waals surface area contributed by atoms with Crippen molar-refractivity contribution in [3.63, 3.8) is 0 Å². The first-order valence-electron chi connectivity index (χ1n) is 19.4. The molecule has 7 nitrogen and oxygen atoms in total. The Morgan fingerprint density at radius 1 is 0.833 bits per heavy atom. The molecular formula is C40H74O7Si. The molecule has 1 N–H and O–H groups in total. The fraction of sp³-hybridized carbons (Fsp3) is 0.950. The zero-order valence-electron chi connectivity index (χ0n) is 33.4. The van der Waals surface area contributed by atoms with Gasteiger partial charge in [0.2, 0.25) is 8.32 Å². The third-order valence-corrected chi connectivity index (χ3v) is 19.1. The quantitative estimate of drug-likeness (QED) is 0.143. The fourth-order valence-electron chi connectivity index (χ4n) is 10.3. The molecule has 0 unspecified atom stereocenters. The topological polar surface area (TPSA) is 75.6 Å². The molecule has 0 saturated carbocycles. The third kappa shape index (κ3) is 8.01. The molecule has 4 saturated heterocycles. The smallest absolute Gasteiger partial charge is 0.200 e. The number of allylic oxidation sites excluding steroid dienone is 1. The molecule has 0 spiro atoms. The van der Waals surface area contributed by atoms with Crippen LogP contribution >= 0.6 is 0 Å². The highest BCUT2D eigenvalue weighted by Crippen LogP contribution is 2.52. The van der Waals surface area contributed by atoms with E-state index in [4.69, 9.17) is 28.1 Å². The molecule has 0 aromatic rings. The van der Waals surface area contributed by atoms with Gasteiger partial charge in [-0.1, -0.05) is 47.6 Å². The van der Waals surface area contributed by atoms with Crippen LogP contribution < -0.4 is 0 Å². The minimum absolute atomic E-state index is 0.0149. The van der Waals surface area contributed by atoms with E-state index in [1.165, 1.54) is 0 Å². The number of hydrogen-bond donors (Lipinski definition) is 1. The SMILES string of the molecule is C=CCC[C@@]1(C)O[C@@](C)([C@@H]2CC[C@@H]([C@@]3(C)CC[C@@H]([C@](C)(O)CC[C@H]4OC(C)(C)OC4(C)C)O3)O2)CC[C@@H]1O[Si](C(C)C)(C(C)C)C(C)C. The van der Waals surface area contributed by atoms with E-state index in [0.717, 1.165) is 51.4 Å². The molecule has 4 rings (SSSR count). The molecule has 9 atom stereocenters. The van der Waals surface area contributed by atoms with Crippen LogP contribution in [0.2, 0.25) is 16.6 Å². The second-order valence-electron chi connectivity index (χ2n) is 18.8. The molecule has 0 radical (unpaired) electrons. The van der Waals surface area contributed by atoms with E-state index in [0.29, 0.717) is 29.5 Å². The van der Waals surface area contributed by atoms with Crippen molar-refractivity contribution >= 4 is 8.32 Å². The molecule has 4 heterocycles. The average molecular weight is 695 g/mol. The van der Waals surface area contributed by atoms with Gasteiger partial charge in [0.05, 0.1) is 58.5 Å². The minimum atomic E-state index is -2.10. The molecule has 48 heavy (non-hydrogen) atoms. The summed E-state index contributed by atoms with van der Waals surface area (Å²) in [6.45, 7) is 34.9. The van der Waals surface area contributed by atoms with Crippen LogP contribution in [-0.2, 0) is 28.1 Å². The van der Waals surface area contributed by atoms with Crippen molar-refractivity contribution in [2.45, 2.75) is 242 Å². The Morgan fingerprint density at radius 2 is 1.40 bits per heavy atom. The van der Waals surface area contributed by atoms with Gasteiger partial charge in [-0.2, -0.15) is 0 Å². The summed E-state index contributed by atoms with van der Waals surface area (Å²) >= 11 is 0. The van der Waals surface area contributed by atoms with Crippen molar-refractivity contribution in [2.75, 3.05) is 0 Å². The molecule has 280 valence electrons.